The van der Waals surface area contributed by atoms with E-state index < -0.39 is 35.8 Å². The number of nitrogens with zero attached hydrogens (tertiary/aromatic N) is 3. The smallest absolute Gasteiger partial charge is 0.410 e. The van der Waals surface area contributed by atoms with Gasteiger partial charge in [-0.1, -0.05) is 18.2 Å². The van der Waals surface area contributed by atoms with Gasteiger partial charge in [0.25, 0.3) is 0 Å². The fourth-order valence-electron chi connectivity index (χ4n) is 6.90. The van der Waals surface area contributed by atoms with Crippen LogP contribution in [0.5, 0.6) is 5.75 Å². The van der Waals surface area contributed by atoms with E-state index in [1.807, 2.05) is 45.0 Å². The minimum absolute atomic E-state index is 0.00898. The van der Waals surface area contributed by atoms with E-state index in [-0.39, 0.29) is 30.9 Å². The van der Waals surface area contributed by atoms with Crippen molar-refractivity contribution in [1.29, 1.82) is 0 Å². The van der Waals surface area contributed by atoms with Crippen LogP contribution in [0.25, 0.3) is 0 Å². The Bertz CT molecular complexity index is 1530. The number of nitrogens with one attached hydrogen (secondary N) is 1. The van der Waals surface area contributed by atoms with Crippen molar-refractivity contribution in [2.24, 2.45) is 11.8 Å². The van der Waals surface area contributed by atoms with Gasteiger partial charge < -0.3 is 29.3 Å². The van der Waals surface area contributed by atoms with Gasteiger partial charge in [0.2, 0.25) is 11.8 Å². The minimum Gasteiger partial charge on any atom is -0.491 e. The highest BCUT2D eigenvalue weighted by atomic mass is 19.1. The van der Waals surface area contributed by atoms with Crippen LogP contribution in [0.15, 0.2) is 42.6 Å². The molecule has 3 heterocycles. The Morgan fingerprint density at radius 2 is 1.66 bits per heavy atom. The Hall–Kier alpha value is -4.22. The molecule has 2 saturated heterocycles. The van der Waals surface area contributed by atoms with Gasteiger partial charge >= 0.3 is 12.1 Å². The third kappa shape index (κ3) is 13.9. The maximum atomic E-state index is 13.9. The molecule has 0 unspecified atom stereocenters. The molecule has 2 fully saturated rings. The number of hydrogen-bond acceptors (Lipinski definition) is 8. The zero-order valence-electron chi connectivity index (χ0n) is 32.5. The molecule has 2 atom stereocenters. The SMILES string of the molecule is CC(C)(C)OC(=O)C[C@H](NC(=O)[C@@H]1CCCN(C(=O)CCC2CCN(C(=O)OC(C)(C)C)CC2)C1)c1cccnc1CCc1cccc(OCCF)c1. The van der Waals surface area contributed by atoms with Crippen LogP contribution in [0.1, 0.15) is 109 Å². The van der Waals surface area contributed by atoms with Crippen molar-refractivity contribution in [3.63, 3.8) is 0 Å². The number of ether oxygens (including phenoxy) is 3. The van der Waals surface area contributed by atoms with Gasteiger partial charge in [0.15, 0.2) is 0 Å². The quantitative estimate of drug-likeness (QED) is 0.211. The van der Waals surface area contributed by atoms with Crippen LogP contribution in [0.3, 0.4) is 0 Å². The van der Waals surface area contributed by atoms with Gasteiger partial charge in [-0.15, -0.1) is 0 Å². The first-order chi connectivity index (χ1) is 25.1. The fourth-order valence-corrected chi connectivity index (χ4v) is 6.90. The summed E-state index contributed by atoms with van der Waals surface area (Å²) in [6, 6.07) is 10.5. The first-order valence-corrected chi connectivity index (χ1v) is 19.1. The van der Waals surface area contributed by atoms with Gasteiger partial charge in [-0.2, -0.15) is 0 Å². The summed E-state index contributed by atoms with van der Waals surface area (Å²) >= 11 is 0. The lowest BCUT2D eigenvalue weighted by Gasteiger charge is -2.35. The molecule has 292 valence electrons. The summed E-state index contributed by atoms with van der Waals surface area (Å²) in [4.78, 5) is 61.1. The molecule has 53 heavy (non-hydrogen) atoms. The highest BCUT2D eigenvalue weighted by molar-refractivity contribution is 5.82. The third-order valence-electron chi connectivity index (χ3n) is 9.48. The van der Waals surface area contributed by atoms with E-state index >= 15 is 0 Å². The molecule has 12 heteroatoms. The largest absolute Gasteiger partial charge is 0.491 e. The zero-order chi connectivity index (χ0) is 38.6. The van der Waals surface area contributed by atoms with Crippen molar-refractivity contribution >= 4 is 23.9 Å². The van der Waals surface area contributed by atoms with Gasteiger partial charge in [0.05, 0.1) is 18.4 Å². The molecular formula is C41H59FN4O7. The summed E-state index contributed by atoms with van der Waals surface area (Å²) in [6.07, 6.45) is 6.63. The Morgan fingerprint density at radius 1 is 0.925 bits per heavy atom. The maximum absolute atomic E-state index is 13.9. The number of halogens is 1. The van der Waals surface area contributed by atoms with Gasteiger partial charge in [0.1, 0.15) is 30.2 Å². The molecule has 2 aromatic rings. The molecule has 0 saturated carbocycles. The number of benzene rings is 1. The standard InChI is InChI=1S/C41H59FN4O7/c1-40(2,3)52-37(48)27-35(33-13-8-21-43-34(33)16-14-30-10-7-12-32(26-30)51-25-20-42)44-38(49)31-11-9-22-46(28-31)36(47)17-15-29-18-23-45(24-19-29)39(50)53-41(4,5)6/h7-8,10,12-13,21,26,29,31,35H,9,11,14-20,22-25,27-28H2,1-6H3,(H,44,49)/t31-,35+/m1/s1. The molecule has 0 radical (unpaired) electrons. The molecule has 4 rings (SSSR count). The van der Waals surface area contributed by atoms with E-state index in [1.54, 1.807) is 48.9 Å². The zero-order valence-corrected chi connectivity index (χ0v) is 32.5. The van der Waals surface area contributed by atoms with Crippen molar-refractivity contribution in [3.05, 3.63) is 59.4 Å². The van der Waals surface area contributed by atoms with E-state index in [4.69, 9.17) is 14.2 Å². The lowest BCUT2D eigenvalue weighted by molar-refractivity contribution is -0.155. The van der Waals surface area contributed by atoms with E-state index in [2.05, 4.69) is 10.3 Å². The second kappa shape index (κ2) is 19.2. The molecule has 0 bridgehead atoms. The van der Waals surface area contributed by atoms with Gasteiger partial charge in [-0.3, -0.25) is 19.4 Å². The average molecular weight is 739 g/mol. The molecule has 11 nitrogen and oxygen atoms in total. The predicted molar refractivity (Wildman–Crippen MR) is 200 cm³/mol. The van der Waals surface area contributed by atoms with Crippen LogP contribution in [0.2, 0.25) is 0 Å². The van der Waals surface area contributed by atoms with Crippen LogP contribution in [-0.2, 0) is 36.7 Å². The molecule has 2 aliphatic rings. The number of alkyl halides is 1. The van der Waals surface area contributed by atoms with E-state index in [0.29, 0.717) is 70.0 Å². The molecule has 1 aromatic heterocycles. The van der Waals surface area contributed by atoms with Crippen LogP contribution in [0.4, 0.5) is 9.18 Å². The highest BCUT2D eigenvalue weighted by Gasteiger charge is 2.33. The fraction of sp³-hybridized carbons (Fsp3) is 0.634. The van der Waals surface area contributed by atoms with E-state index in [1.165, 1.54) is 0 Å². The molecule has 3 amide bonds. The Labute approximate surface area is 314 Å². The van der Waals surface area contributed by atoms with E-state index in [9.17, 15) is 23.6 Å². The topological polar surface area (TPSA) is 127 Å². The molecular weight excluding hydrogens is 679 g/mol. The van der Waals surface area contributed by atoms with Crippen LogP contribution >= 0.6 is 0 Å². The van der Waals surface area contributed by atoms with Crippen molar-refractivity contribution in [2.45, 2.75) is 117 Å². The number of aromatic nitrogens is 1. The lowest BCUT2D eigenvalue weighted by atomic mass is 9.91. The van der Waals surface area contributed by atoms with E-state index in [0.717, 1.165) is 36.1 Å². The minimum atomic E-state index is -0.696. The molecule has 2 aliphatic heterocycles. The number of carbonyl (C=O) groups is 4. The van der Waals surface area contributed by atoms with Crippen LogP contribution in [0, 0.1) is 11.8 Å². The van der Waals surface area contributed by atoms with Crippen LogP contribution < -0.4 is 10.1 Å². The second-order valence-corrected chi connectivity index (χ2v) is 16.2. The lowest BCUT2D eigenvalue weighted by Crippen LogP contribution is -2.46. The normalized spacial score (nSPS) is 17.5. The second-order valence-electron chi connectivity index (χ2n) is 16.2. The number of esters is 1. The number of hydrogen-bond donors (Lipinski definition) is 1. The first kappa shape index (κ1) is 41.5. The average Bonchev–Trinajstić information content (AvgIpc) is 3.11. The van der Waals surface area contributed by atoms with Crippen molar-refractivity contribution in [3.8, 4) is 5.75 Å². The highest BCUT2D eigenvalue weighted by Crippen LogP contribution is 2.28. The number of pyridine rings is 1. The van der Waals surface area contributed by atoms with Crippen LogP contribution in [-0.4, -0.2) is 89.3 Å². The monoisotopic (exact) mass is 738 g/mol. The number of aryl methyl sites for hydroxylation is 2. The number of carbonyl (C=O) groups excluding carboxylic acids is 4. The number of amides is 3. The van der Waals surface area contributed by atoms with Gasteiger partial charge in [-0.25, -0.2) is 9.18 Å². The summed E-state index contributed by atoms with van der Waals surface area (Å²) in [5, 5.41) is 3.15. The molecule has 0 spiro atoms. The van der Waals surface area contributed by atoms with Crippen molar-refractivity contribution < 1.29 is 37.8 Å². The Kier molecular flexibility index (Phi) is 15.1. The molecule has 0 aliphatic carbocycles. The first-order valence-electron chi connectivity index (χ1n) is 19.1. The summed E-state index contributed by atoms with van der Waals surface area (Å²) in [5.41, 5.74) is 1.24. The van der Waals surface area contributed by atoms with Gasteiger partial charge in [0, 0.05) is 44.5 Å². The number of likely N-dealkylation sites (tertiary alicyclic amines) is 2. The molecule has 1 N–H and O–H groups in total. The molecule has 1 aromatic carbocycles. The van der Waals surface area contributed by atoms with Gasteiger partial charge in [-0.05, 0) is 122 Å². The predicted octanol–water partition coefficient (Wildman–Crippen LogP) is 6.77. The number of rotatable bonds is 14. The third-order valence-corrected chi connectivity index (χ3v) is 9.48. The number of piperidine rings is 2. The van der Waals surface area contributed by atoms with Crippen molar-refractivity contribution in [1.82, 2.24) is 20.1 Å². The van der Waals surface area contributed by atoms with Crippen molar-refractivity contribution in [2.75, 3.05) is 39.5 Å². The summed E-state index contributed by atoms with van der Waals surface area (Å²) in [5.74, 6) is -0.0838. The summed E-state index contributed by atoms with van der Waals surface area (Å²) in [6.45, 7) is 12.6. The maximum Gasteiger partial charge on any atom is 0.410 e. The summed E-state index contributed by atoms with van der Waals surface area (Å²) < 4.78 is 29.3. The Morgan fingerprint density at radius 3 is 2.36 bits per heavy atom. The summed E-state index contributed by atoms with van der Waals surface area (Å²) in [7, 11) is 0. The Balaban J connectivity index is 1.37.